The van der Waals surface area contributed by atoms with Crippen molar-refractivity contribution < 1.29 is 15.9 Å². The van der Waals surface area contributed by atoms with E-state index in [4.69, 9.17) is 0 Å². The van der Waals surface area contributed by atoms with Crippen LogP contribution in [0.15, 0.2) is 35.3 Å². The van der Waals surface area contributed by atoms with Gasteiger partial charge in [0.05, 0.1) is 0 Å². The van der Waals surface area contributed by atoms with Crippen molar-refractivity contribution in [2.45, 2.75) is 20.8 Å². The molecule has 1 aromatic rings. The number of aliphatic imine (C=N–C) groups is 1. The van der Waals surface area contributed by atoms with Gasteiger partial charge in [-0.2, -0.15) is 0 Å². The van der Waals surface area contributed by atoms with E-state index in [1.807, 2.05) is 36.5 Å². The molecule has 2 heteroatoms. The predicted octanol–water partition coefficient (Wildman–Crippen LogP) is 2.83. The first-order valence-electron chi connectivity index (χ1n) is 4.64. The van der Waals surface area contributed by atoms with E-state index in [1.165, 1.54) is 0 Å². The molecule has 0 fully saturated rings. The molecule has 0 atom stereocenters. The van der Waals surface area contributed by atoms with Crippen LogP contribution in [0, 0.1) is 5.41 Å². The van der Waals surface area contributed by atoms with Gasteiger partial charge >= 0.3 is 93.6 Å². The van der Waals surface area contributed by atoms with Crippen LogP contribution >= 0.6 is 0 Å². The Labute approximate surface area is 93.8 Å². The zero-order valence-electron chi connectivity index (χ0n) is 8.82. The minimum atomic E-state index is 0.102. The van der Waals surface area contributed by atoms with Crippen LogP contribution in [0.1, 0.15) is 26.3 Å². The quantitative estimate of drug-likeness (QED) is 0.686. The number of hydrogen-bond acceptors (Lipinski definition) is 1. The Hall–Kier alpha value is -0.708. The van der Waals surface area contributed by atoms with Gasteiger partial charge in [0, 0.05) is 0 Å². The molecular formula is C12H15CrN. The van der Waals surface area contributed by atoms with E-state index in [2.05, 4.69) is 41.6 Å². The standard InChI is InChI=1S/C12H15N.Cr/c1-12(2,3)10-13-9-11-7-5-4-6-8-11;/h4-9H,1-3H3;. The number of rotatable bonds is 2. The molecule has 0 heterocycles. The molecule has 0 aliphatic rings. The molecule has 1 aromatic carbocycles. The number of hydrogen-bond donors (Lipinski definition) is 0. The molecule has 0 N–H and O–H groups in total. The van der Waals surface area contributed by atoms with E-state index < -0.39 is 0 Å². The second-order valence-corrected chi connectivity index (χ2v) is 4.83. The molecular weight excluding hydrogens is 210 g/mol. The van der Waals surface area contributed by atoms with Gasteiger partial charge in [0.1, 0.15) is 0 Å². The summed E-state index contributed by atoms with van der Waals surface area (Å²) in [5.74, 6) is 0. The Morgan fingerprint density at radius 3 is 2.29 bits per heavy atom. The Morgan fingerprint density at radius 1 is 1.21 bits per heavy atom. The van der Waals surface area contributed by atoms with Gasteiger partial charge in [-0.25, -0.2) is 0 Å². The summed E-state index contributed by atoms with van der Waals surface area (Å²) in [6.07, 6.45) is 1.89. The minimum absolute atomic E-state index is 0.102. The summed E-state index contributed by atoms with van der Waals surface area (Å²) in [5.41, 5.74) is 1.23. The van der Waals surface area contributed by atoms with Crippen molar-refractivity contribution in [1.29, 1.82) is 0 Å². The van der Waals surface area contributed by atoms with Crippen LogP contribution in [0.2, 0.25) is 0 Å². The summed E-state index contributed by atoms with van der Waals surface area (Å²) in [6, 6.07) is 10.1. The van der Waals surface area contributed by atoms with Crippen molar-refractivity contribution in [1.82, 2.24) is 0 Å². The van der Waals surface area contributed by atoms with Gasteiger partial charge < -0.3 is 0 Å². The second kappa shape index (κ2) is 4.68. The molecule has 1 rings (SSSR count). The van der Waals surface area contributed by atoms with Crippen LogP contribution in [-0.2, 0) is 15.9 Å². The molecule has 0 unspecified atom stereocenters. The van der Waals surface area contributed by atoms with E-state index in [1.54, 1.807) is 0 Å². The van der Waals surface area contributed by atoms with Crippen molar-refractivity contribution in [3.05, 3.63) is 35.9 Å². The number of benzene rings is 1. The van der Waals surface area contributed by atoms with Gasteiger partial charge in [0.25, 0.3) is 0 Å². The molecule has 0 amide bonds. The van der Waals surface area contributed by atoms with Crippen molar-refractivity contribution in [2.75, 3.05) is 0 Å². The molecule has 14 heavy (non-hydrogen) atoms. The Morgan fingerprint density at radius 2 is 1.79 bits per heavy atom. The fraction of sp³-hybridized carbons (Fsp3) is 0.333. The summed E-state index contributed by atoms with van der Waals surface area (Å²) in [7, 11) is 0. The van der Waals surface area contributed by atoms with Crippen LogP contribution < -0.4 is 0 Å². The number of nitrogens with zero attached hydrogens (tertiary/aromatic N) is 1. The first-order chi connectivity index (χ1) is 6.50. The third-order valence-corrected chi connectivity index (χ3v) is 2.89. The third-order valence-electron chi connectivity index (χ3n) is 1.77. The Kier molecular flexibility index (Phi) is 3.80. The molecule has 1 nitrogen and oxygen atoms in total. The van der Waals surface area contributed by atoms with Crippen molar-refractivity contribution in [3.63, 3.8) is 0 Å². The molecule has 0 saturated carbocycles. The monoisotopic (exact) mass is 225 g/mol. The van der Waals surface area contributed by atoms with E-state index in [0.717, 1.165) is 10.1 Å². The molecule has 0 saturated heterocycles. The van der Waals surface area contributed by atoms with E-state index in [9.17, 15) is 0 Å². The summed E-state index contributed by atoms with van der Waals surface area (Å²) in [4.78, 5) is 4.40. The van der Waals surface area contributed by atoms with E-state index in [0.29, 0.717) is 0 Å². The molecule has 0 bridgehead atoms. The van der Waals surface area contributed by atoms with Crippen molar-refractivity contribution in [2.24, 2.45) is 10.4 Å². The fourth-order valence-electron chi connectivity index (χ4n) is 0.866. The average molecular weight is 225 g/mol. The Balaban J connectivity index is 2.71. The van der Waals surface area contributed by atoms with E-state index >= 15 is 0 Å². The van der Waals surface area contributed by atoms with Gasteiger partial charge in [-0.15, -0.1) is 0 Å². The maximum absolute atomic E-state index is 4.40. The van der Waals surface area contributed by atoms with Crippen LogP contribution in [0.3, 0.4) is 0 Å². The third kappa shape index (κ3) is 3.58. The summed E-state index contributed by atoms with van der Waals surface area (Å²) < 4.78 is 1.03. The average Bonchev–Trinajstić information content (AvgIpc) is 2.14. The molecule has 74 valence electrons. The van der Waals surface area contributed by atoms with Crippen LogP contribution in [0.25, 0.3) is 0 Å². The van der Waals surface area contributed by atoms with Crippen LogP contribution in [0.4, 0.5) is 0 Å². The van der Waals surface area contributed by atoms with Gasteiger partial charge in [-0.1, -0.05) is 0 Å². The van der Waals surface area contributed by atoms with Gasteiger partial charge in [0.15, 0.2) is 0 Å². The predicted molar refractivity (Wildman–Crippen MR) is 58.5 cm³/mol. The Bertz CT molecular complexity index is 333. The van der Waals surface area contributed by atoms with Crippen LogP contribution in [-0.4, -0.2) is 10.7 Å². The van der Waals surface area contributed by atoms with E-state index in [-0.39, 0.29) is 5.41 Å². The summed E-state index contributed by atoms with van der Waals surface area (Å²) in [5, 5.41) is 0. The zero-order chi connectivity index (χ0) is 10.6. The summed E-state index contributed by atoms with van der Waals surface area (Å²) >= 11 is 3.01. The molecule has 0 radical (unpaired) electrons. The fourth-order valence-corrected chi connectivity index (χ4v) is 0.948. The second-order valence-electron chi connectivity index (χ2n) is 4.22. The SMILES string of the molecule is CC(C)(C)[C](=[Cr])N=Cc1ccccc1. The van der Waals surface area contributed by atoms with Gasteiger partial charge in [0.2, 0.25) is 0 Å². The molecule has 0 aromatic heterocycles. The molecule has 0 aliphatic heterocycles. The van der Waals surface area contributed by atoms with Gasteiger partial charge in [-0.3, -0.25) is 0 Å². The topological polar surface area (TPSA) is 12.4 Å². The van der Waals surface area contributed by atoms with Crippen molar-refractivity contribution in [3.8, 4) is 0 Å². The maximum atomic E-state index is 4.40. The van der Waals surface area contributed by atoms with Gasteiger partial charge in [-0.05, 0) is 0 Å². The first-order valence-corrected chi connectivity index (χ1v) is 5.27. The molecule has 0 aliphatic carbocycles. The molecule has 0 spiro atoms. The zero-order valence-corrected chi connectivity index (χ0v) is 10.1. The van der Waals surface area contributed by atoms with Crippen molar-refractivity contribution >= 4 is 10.7 Å². The summed E-state index contributed by atoms with van der Waals surface area (Å²) in [6.45, 7) is 6.42. The first kappa shape index (κ1) is 11.4. The normalized spacial score (nSPS) is 11.9. The van der Waals surface area contributed by atoms with Crippen LogP contribution in [0.5, 0.6) is 0 Å².